The van der Waals surface area contributed by atoms with Crippen molar-refractivity contribution in [2.24, 2.45) is 4.99 Å². The molecule has 1 heterocycles. The Hall–Kier alpha value is -1.95. The lowest BCUT2D eigenvalue weighted by molar-refractivity contribution is 0.117. The summed E-state index contributed by atoms with van der Waals surface area (Å²) >= 11 is 0. The predicted molar refractivity (Wildman–Crippen MR) is 101 cm³/mol. The number of nitrogens with one attached hydrogen (secondary N) is 2. The van der Waals surface area contributed by atoms with Gasteiger partial charge in [0.05, 0.1) is 26.9 Å². The normalized spacial score (nSPS) is 17.4. The summed E-state index contributed by atoms with van der Waals surface area (Å²) in [5.74, 6) is 2.41. The first-order valence-electron chi connectivity index (χ1n) is 9.11. The summed E-state index contributed by atoms with van der Waals surface area (Å²) in [4.78, 5) is 4.62. The van der Waals surface area contributed by atoms with E-state index >= 15 is 0 Å². The molecule has 0 amide bonds. The molecule has 2 rings (SSSR count). The number of ether oxygens (including phenoxy) is 3. The third-order valence-corrected chi connectivity index (χ3v) is 4.20. The first kappa shape index (κ1) is 19.4. The van der Waals surface area contributed by atoms with Crippen LogP contribution in [0.5, 0.6) is 11.5 Å². The summed E-state index contributed by atoms with van der Waals surface area (Å²) in [5.41, 5.74) is 1.24. The molecule has 1 fully saturated rings. The number of nitrogens with zero attached hydrogens (tertiary/aromatic N) is 1. The van der Waals surface area contributed by atoms with Gasteiger partial charge in [0.1, 0.15) is 0 Å². The van der Waals surface area contributed by atoms with Crippen molar-refractivity contribution in [3.05, 3.63) is 23.8 Å². The molecule has 0 saturated carbocycles. The molecule has 1 aliphatic heterocycles. The van der Waals surface area contributed by atoms with E-state index in [2.05, 4.69) is 28.6 Å². The minimum Gasteiger partial charge on any atom is -0.493 e. The van der Waals surface area contributed by atoms with Crippen molar-refractivity contribution in [3.8, 4) is 11.5 Å². The fraction of sp³-hybridized carbons (Fsp3) is 0.632. The van der Waals surface area contributed by atoms with Crippen molar-refractivity contribution in [2.75, 3.05) is 40.5 Å². The van der Waals surface area contributed by atoms with Crippen molar-refractivity contribution in [1.82, 2.24) is 10.6 Å². The van der Waals surface area contributed by atoms with Crippen molar-refractivity contribution in [1.29, 1.82) is 0 Å². The molecule has 6 heteroatoms. The van der Waals surface area contributed by atoms with E-state index < -0.39 is 0 Å². The van der Waals surface area contributed by atoms with Gasteiger partial charge in [-0.2, -0.15) is 0 Å². The molecule has 1 atom stereocenters. The molecule has 1 unspecified atom stereocenters. The highest BCUT2D eigenvalue weighted by atomic mass is 16.5. The average Bonchev–Trinajstić information content (AvgIpc) is 3.16. The molecular formula is C19H31N3O3. The zero-order chi connectivity index (χ0) is 17.9. The van der Waals surface area contributed by atoms with E-state index in [0.717, 1.165) is 69.4 Å². The Morgan fingerprint density at radius 3 is 2.76 bits per heavy atom. The lowest BCUT2D eigenvalue weighted by atomic mass is 10.1. The number of aliphatic imine (C=N–C) groups is 1. The number of hydrogen-bond acceptors (Lipinski definition) is 4. The predicted octanol–water partition coefficient (Wildman–Crippen LogP) is 2.37. The van der Waals surface area contributed by atoms with Crippen LogP contribution in [0.15, 0.2) is 23.2 Å². The zero-order valence-electron chi connectivity index (χ0n) is 15.6. The van der Waals surface area contributed by atoms with Crippen molar-refractivity contribution in [2.45, 2.75) is 38.7 Å². The molecule has 0 bridgehead atoms. The van der Waals surface area contributed by atoms with Crippen LogP contribution >= 0.6 is 0 Å². The van der Waals surface area contributed by atoms with E-state index in [-0.39, 0.29) is 6.10 Å². The fourth-order valence-corrected chi connectivity index (χ4v) is 2.86. The number of guanidine groups is 1. The monoisotopic (exact) mass is 349 g/mol. The van der Waals surface area contributed by atoms with Gasteiger partial charge in [0, 0.05) is 19.7 Å². The molecule has 2 N–H and O–H groups in total. The van der Waals surface area contributed by atoms with Crippen molar-refractivity contribution in [3.63, 3.8) is 0 Å². The molecule has 1 aromatic rings. The third-order valence-electron chi connectivity index (χ3n) is 4.20. The molecule has 140 valence electrons. The summed E-state index contributed by atoms with van der Waals surface area (Å²) in [6, 6.07) is 6.07. The maximum atomic E-state index is 5.62. The van der Waals surface area contributed by atoms with E-state index in [1.165, 1.54) is 5.56 Å². The van der Waals surface area contributed by atoms with Crippen LogP contribution in [0.25, 0.3) is 0 Å². The number of rotatable bonds is 9. The van der Waals surface area contributed by atoms with Crippen LogP contribution in [0, 0.1) is 0 Å². The second-order valence-electron chi connectivity index (χ2n) is 6.07. The van der Waals surface area contributed by atoms with Gasteiger partial charge in [-0.05, 0) is 50.3 Å². The summed E-state index contributed by atoms with van der Waals surface area (Å²) in [6.45, 7) is 5.39. The van der Waals surface area contributed by atoms with E-state index in [9.17, 15) is 0 Å². The van der Waals surface area contributed by atoms with Crippen LogP contribution < -0.4 is 20.1 Å². The second-order valence-corrected chi connectivity index (χ2v) is 6.07. The van der Waals surface area contributed by atoms with Crippen LogP contribution in [-0.2, 0) is 11.2 Å². The van der Waals surface area contributed by atoms with Gasteiger partial charge in [0.15, 0.2) is 17.5 Å². The van der Waals surface area contributed by atoms with E-state index in [1.54, 1.807) is 14.2 Å². The highest BCUT2D eigenvalue weighted by molar-refractivity contribution is 5.79. The summed E-state index contributed by atoms with van der Waals surface area (Å²) in [7, 11) is 3.32. The average molecular weight is 349 g/mol. The summed E-state index contributed by atoms with van der Waals surface area (Å²) < 4.78 is 16.2. The Balaban J connectivity index is 1.76. The maximum absolute atomic E-state index is 5.62. The molecule has 0 aliphatic carbocycles. The number of methoxy groups -OCH3 is 2. The molecule has 1 saturated heterocycles. The van der Waals surface area contributed by atoms with Crippen LogP contribution in [0.2, 0.25) is 0 Å². The lowest BCUT2D eigenvalue weighted by Gasteiger charge is -2.13. The number of benzene rings is 1. The lowest BCUT2D eigenvalue weighted by Crippen LogP contribution is -2.38. The molecule has 0 radical (unpaired) electrons. The van der Waals surface area contributed by atoms with Gasteiger partial charge in [0.25, 0.3) is 0 Å². The van der Waals surface area contributed by atoms with Crippen LogP contribution in [0.4, 0.5) is 0 Å². The number of aryl methyl sites for hydroxylation is 1. The first-order chi connectivity index (χ1) is 12.3. The number of hydrogen-bond donors (Lipinski definition) is 2. The van der Waals surface area contributed by atoms with Gasteiger partial charge in [0.2, 0.25) is 0 Å². The Kier molecular flexibility index (Phi) is 8.39. The van der Waals surface area contributed by atoms with E-state index in [1.807, 2.05) is 12.1 Å². The molecule has 0 spiro atoms. The Morgan fingerprint density at radius 1 is 1.24 bits per heavy atom. The first-order valence-corrected chi connectivity index (χ1v) is 9.11. The topological polar surface area (TPSA) is 64.1 Å². The Bertz CT molecular complexity index is 543. The fourth-order valence-electron chi connectivity index (χ4n) is 2.86. The molecule has 1 aliphatic rings. The smallest absolute Gasteiger partial charge is 0.191 e. The summed E-state index contributed by atoms with van der Waals surface area (Å²) in [6.07, 6.45) is 4.53. The van der Waals surface area contributed by atoms with Gasteiger partial charge in [-0.1, -0.05) is 6.07 Å². The quantitative estimate of drug-likeness (QED) is 0.407. The SMILES string of the molecule is CCNC(=NCC1CCCO1)NCCCc1ccc(OC)c(OC)c1. The van der Waals surface area contributed by atoms with Crippen LogP contribution in [-0.4, -0.2) is 52.5 Å². The van der Waals surface area contributed by atoms with E-state index in [4.69, 9.17) is 14.2 Å². The minimum absolute atomic E-state index is 0.280. The van der Waals surface area contributed by atoms with Crippen LogP contribution in [0.3, 0.4) is 0 Å². The maximum Gasteiger partial charge on any atom is 0.191 e. The van der Waals surface area contributed by atoms with Crippen molar-refractivity contribution < 1.29 is 14.2 Å². The van der Waals surface area contributed by atoms with Gasteiger partial charge in [-0.25, -0.2) is 0 Å². The standard InChI is InChI=1S/C19H31N3O3/c1-4-20-19(22-14-16-8-6-12-25-16)21-11-5-7-15-9-10-17(23-2)18(13-15)24-3/h9-10,13,16H,4-8,11-12,14H2,1-3H3,(H2,20,21,22). The largest absolute Gasteiger partial charge is 0.493 e. The zero-order valence-corrected chi connectivity index (χ0v) is 15.6. The minimum atomic E-state index is 0.280. The third kappa shape index (κ3) is 6.46. The molecular weight excluding hydrogens is 318 g/mol. The molecule has 25 heavy (non-hydrogen) atoms. The Labute approximate surface area is 151 Å². The van der Waals surface area contributed by atoms with Gasteiger partial charge >= 0.3 is 0 Å². The molecule has 1 aromatic carbocycles. The van der Waals surface area contributed by atoms with E-state index in [0.29, 0.717) is 0 Å². The second kappa shape index (κ2) is 10.8. The Morgan fingerprint density at radius 2 is 2.08 bits per heavy atom. The van der Waals surface area contributed by atoms with Gasteiger partial charge in [-0.3, -0.25) is 4.99 Å². The van der Waals surface area contributed by atoms with Gasteiger partial charge < -0.3 is 24.8 Å². The van der Waals surface area contributed by atoms with Gasteiger partial charge in [-0.15, -0.1) is 0 Å². The molecule has 6 nitrogen and oxygen atoms in total. The van der Waals surface area contributed by atoms with Crippen LogP contribution in [0.1, 0.15) is 31.7 Å². The highest BCUT2D eigenvalue weighted by Gasteiger charge is 2.14. The summed E-state index contributed by atoms with van der Waals surface area (Å²) in [5, 5.41) is 6.68. The highest BCUT2D eigenvalue weighted by Crippen LogP contribution is 2.27. The van der Waals surface area contributed by atoms with Crippen molar-refractivity contribution >= 4 is 5.96 Å². The molecule has 0 aromatic heterocycles.